The van der Waals surface area contributed by atoms with E-state index in [1.165, 1.54) is 48.6 Å². The number of fused-ring (bicyclic) bond motifs is 2. The fourth-order valence-corrected chi connectivity index (χ4v) is 6.06. The molecule has 3 aromatic rings. The lowest BCUT2D eigenvalue weighted by atomic mass is 9.90. The normalized spacial score (nSPS) is 21.8. The quantitative estimate of drug-likeness (QED) is 0.509. The lowest BCUT2D eigenvalue weighted by molar-refractivity contribution is 0.0981. The maximum Gasteiger partial charge on any atom is 0.268 e. The minimum atomic E-state index is -4.02. The van der Waals surface area contributed by atoms with Gasteiger partial charge in [0.05, 0.1) is 17.1 Å². The molecule has 33 heavy (non-hydrogen) atoms. The third-order valence-electron chi connectivity index (χ3n) is 6.49. The SMILES string of the molecule is O=C(NS(=O)(=O)c1ccccc1)c1ccc(-n2ccc(OCC3C[C@@H]4CC[C@@H]3C4)n2)nc1Cl. The van der Waals surface area contributed by atoms with Gasteiger partial charge in [-0.1, -0.05) is 36.2 Å². The first-order chi connectivity index (χ1) is 15.9. The van der Waals surface area contributed by atoms with Crippen LogP contribution in [-0.2, 0) is 10.0 Å². The standard InChI is InChI=1S/C23H23ClN4O4S/c24-22-19(23(29)27-33(30,31)18-4-2-1-3-5-18)8-9-20(25-22)28-11-10-21(26-28)32-14-17-13-15-6-7-16(17)12-15/h1-5,8-11,15-17H,6-7,12-14H2,(H,27,29)/t15-,16-,17?/m1/s1. The van der Waals surface area contributed by atoms with Crippen molar-refractivity contribution in [3.8, 4) is 11.7 Å². The molecule has 2 saturated carbocycles. The first-order valence-corrected chi connectivity index (χ1v) is 12.7. The van der Waals surface area contributed by atoms with Crippen LogP contribution in [-0.4, -0.2) is 35.7 Å². The molecule has 0 radical (unpaired) electrons. The van der Waals surface area contributed by atoms with Crippen LogP contribution in [0.2, 0.25) is 5.15 Å². The van der Waals surface area contributed by atoms with Crippen LogP contribution in [0.5, 0.6) is 5.88 Å². The summed E-state index contributed by atoms with van der Waals surface area (Å²) in [7, 11) is -4.02. The number of carbonyl (C=O) groups is 1. The van der Waals surface area contributed by atoms with E-state index >= 15 is 0 Å². The first-order valence-electron chi connectivity index (χ1n) is 10.9. The Morgan fingerprint density at radius 1 is 1.12 bits per heavy atom. The van der Waals surface area contributed by atoms with Gasteiger partial charge in [-0.3, -0.25) is 4.79 Å². The van der Waals surface area contributed by atoms with Crippen molar-refractivity contribution >= 4 is 27.5 Å². The van der Waals surface area contributed by atoms with E-state index in [1.807, 2.05) is 4.72 Å². The van der Waals surface area contributed by atoms with E-state index in [1.54, 1.807) is 36.5 Å². The second-order valence-corrected chi connectivity index (χ2v) is 10.6. The van der Waals surface area contributed by atoms with E-state index in [0.717, 1.165) is 11.8 Å². The van der Waals surface area contributed by atoms with Gasteiger partial charge in [-0.15, -0.1) is 5.10 Å². The maximum atomic E-state index is 12.5. The zero-order valence-corrected chi connectivity index (χ0v) is 19.3. The van der Waals surface area contributed by atoms with Gasteiger partial charge in [0.1, 0.15) is 5.15 Å². The zero-order valence-electron chi connectivity index (χ0n) is 17.7. The number of benzene rings is 1. The number of ether oxygens (including phenoxy) is 1. The van der Waals surface area contributed by atoms with Crippen LogP contribution in [0.1, 0.15) is 36.0 Å². The lowest BCUT2D eigenvalue weighted by Gasteiger charge is -2.20. The van der Waals surface area contributed by atoms with E-state index < -0.39 is 15.9 Å². The minimum Gasteiger partial charge on any atom is -0.476 e. The maximum absolute atomic E-state index is 12.5. The second-order valence-electron chi connectivity index (χ2n) is 8.60. The summed E-state index contributed by atoms with van der Waals surface area (Å²) >= 11 is 6.20. The number of rotatable bonds is 7. The molecular formula is C23H23ClN4O4S. The molecule has 5 rings (SSSR count). The number of carbonyl (C=O) groups excluding carboxylic acids is 1. The van der Waals surface area contributed by atoms with Crippen molar-refractivity contribution in [2.45, 2.75) is 30.6 Å². The molecule has 3 atom stereocenters. The fourth-order valence-electron chi connectivity index (χ4n) is 4.84. The molecule has 2 aromatic heterocycles. The molecule has 0 aliphatic heterocycles. The zero-order chi connectivity index (χ0) is 23.0. The molecule has 0 spiro atoms. The summed E-state index contributed by atoms with van der Waals surface area (Å²) in [5.74, 6) is 2.28. The number of pyridine rings is 1. The Morgan fingerprint density at radius 2 is 1.94 bits per heavy atom. The van der Waals surface area contributed by atoms with Crippen LogP contribution in [0.4, 0.5) is 0 Å². The molecule has 10 heteroatoms. The van der Waals surface area contributed by atoms with Crippen LogP contribution < -0.4 is 9.46 Å². The molecule has 8 nitrogen and oxygen atoms in total. The summed E-state index contributed by atoms with van der Waals surface area (Å²) < 4.78 is 34.2. The van der Waals surface area contributed by atoms with E-state index in [0.29, 0.717) is 24.2 Å². The Morgan fingerprint density at radius 3 is 2.64 bits per heavy atom. The number of nitrogens with one attached hydrogen (secondary N) is 1. The van der Waals surface area contributed by atoms with Gasteiger partial charge in [-0.2, -0.15) is 0 Å². The van der Waals surface area contributed by atoms with Gasteiger partial charge in [-0.25, -0.2) is 22.8 Å². The van der Waals surface area contributed by atoms with Gasteiger partial charge in [0.2, 0.25) is 5.88 Å². The lowest BCUT2D eigenvalue weighted by Crippen LogP contribution is -2.31. The van der Waals surface area contributed by atoms with Gasteiger partial charge in [0.15, 0.2) is 5.82 Å². The molecular weight excluding hydrogens is 464 g/mol. The molecule has 2 bridgehead atoms. The average Bonchev–Trinajstić information content (AvgIpc) is 3.55. The van der Waals surface area contributed by atoms with Crippen molar-refractivity contribution in [3.05, 3.63) is 65.4 Å². The Kier molecular flexibility index (Phi) is 5.84. The van der Waals surface area contributed by atoms with Crippen molar-refractivity contribution in [2.24, 2.45) is 17.8 Å². The van der Waals surface area contributed by atoms with Crippen LogP contribution in [0, 0.1) is 17.8 Å². The summed E-state index contributed by atoms with van der Waals surface area (Å²) in [6.07, 6.45) is 6.94. The fraction of sp³-hybridized carbons (Fsp3) is 0.348. The van der Waals surface area contributed by atoms with Crippen LogP contribution in [0.3, 0.4) is 0 Å². The summed E-state index contributed by atoms with van der Waals surface area (Å²) in [5, 5.41) is 4.26. The van der Waals surface area contributed by atoms with Gasteiger partial charge in [-0.05, 0) is 61.3 Å². The molecule has 2 aliphatic rings. The highest BCUT2D eigenvalue weighted by molar-refractivity contribution is 7.90. The number of halogens is 1. The van der Waals surface area contributed by atoms with Gasteiger partial charge in [0.25, 0.3) is 15.9 Å². The predicted octanol–water partition coefficient (Wildman–Crippen LogP) is 3.85. The minimum absolute atomic E-state index is 0.0199. The Balaban J connectivity index is 1.25. The topological polar surface area (TPSA) is 103 Å². The predicted molar refractivity (Wildman–Crippen MR) is 122 cm³/mol. The summed E-state index contributed by atoms with van der Waals surface area (Å²) in [6, 6.07) is 12.3. The highest BCUT2D eigenvalue weighted by atomic mass is 35.5. The third-order valence-corrected chi connectivity index (χ3v) is 8.12. The second kappa shape index (κ2) is 8.79. The third kappa shape index (κ3) is 4.60. The van der Waals surface area contributed by atoms with E-state index in [4.69, 9.17) is 16.3 Å². The molecule has 0 saturated heterocycles. The van der Waals surface area contributed by atoms with E-state index in [-0.39, 0.29) is 15.6 Å². The summed E-state index contributed by atoms with van der Waals surface area (Å²) in [4.78, 5) is 16.7. The van der Waals surface area contributed by atoms with Crippen molar-refractivity contribution in [2.75, 3.05) is 6.61 Å². The highest BCUT2D eigenvalue weighted by Gasteiger charge is 2.39. The van der Waals surface area contributed by atoms with Gasteiger partial charge >= 0.3 is 0 Å². The molecule has 1 aromatic carbocycles. The van der Waals surface area contributed by atoms with Gasteiger partial charge in [0, 0.05) is 12.3 Å². The number of hydrogen-bond donors (Lipinski definition) is 1. The van der Waals surface area contributed by atoms with Crippen molar-refractivity contribution < 1.29 is 17.9 Å². The smallest absolute Gasteiger partial charge is 0.268 e. The Labute approximate surface area is 197 Å². The number of sulfonamides is 1. The van der Waals surface area contributed by atoms with Crippen molar-refractivity contribution in [1.29, 1.82) is 0 Å². The molecule has 2 fully saturated rings. The van der Waals surface area contributed by atoms with Crippen LogP contribution >= 0.6 is 11.6 Å². The average molecular weight is 487 g/mol. The molecule has 172 valence electrons. The number of nitrogens with zero attached hydrogens (tertiary/aromatic N) is 3. The first kappa shape index (κ1) is 21.9. The number of aromatic nitrogens is 3. The molecule has 1 unspecified atom stereocenters. The molecule has 1 amide bonds. The van der Waals surface area contributed by atoms with Crippen molar-refractivity contribution in [1.82, 2.24) is 19.5 Å². The summed E-state index contributed by atoms with van der Waals surface area (Å²) in [5.41, 5.74) is -0.0557. The molecule has 2 aliphatic carbocycles. The largest absolute Gasteiger partial charge is 0.476 e. The van der Waals surface area contributed by atoms with E-state index in [2.05, 4.69) is 10.1 Å². The summed E-state index contributed by atoms with van der Waals surface area (Å²) in [6.45, 7) is 0.668. The van der Waals surface area contributed by atoms with Crippen molar-refractivity contribution in [3.63, 3.8) is 0 Å². The number of hydrogen-bond acceptors (Lipinski definition) is 6. The Bertz CT molecular complexity index is 1280. The van der Waals surface area contributed by atoms with Crippen LogP contribution in [0.25, 0.3) is 5.82 Å². The van der Waals surface area contributed by atoms with Crippen LogP contribution in [0.15, 0.2) is 59.6 Å². The number of amides is 1. The highest BCUT2D eigenvalue weighted by Crippen LogP contribution is 2.48. The monoisotopic (exact) mass is 486 g/mol. The molecule has 1 N–H and O–H groups in total. The van der Waals surface area contributed by atoms with Gasteiger partial charge < -0.3 is 4.74 Å². The van der Waals surface area contributed by atoms with E-state index in [9.17, 15) is 13.2 Å². The molecule has 2 heterocycles. The Hall–Kier alpha value is -2.91.